The van der Waals surface area contributed by atoms with Crippen LogP contribution in [0.25, 0.3) is 0 Å². The number of Topliss-reactive ketones (excluding diaryl/α,β-unsaturated/α-hetero) is 1. The number of nitrogens with one attached hydrogen (secondary N) is 1. The van der Waals surface area contributed by atoms with Crippen LogP contribution >= 0.6 is 12.4 Å². The lowest BCUT2D eigenvalue weighted by Crippen LogP contribution is -2.40. The van der Waals surface area contributed by atoms with E-state index in [9.17, 15) is 9.59 Å². The number of benzene rings is 1. The zero-order valence-electron chi connectivity index (χ0n) is 18.4. The van der Waals surface area contributed by atoms with Gasteiger partial charge in [-0.05, 0) is 57.6 Å². The van der Waals surface area contributed by atoms with E-state index >= 15 is 0 Å². The van der Waals surface area contributed by atoms with Gasteiger partial charge < -0.3 is 15.0 Å². The van der Waals surface area contributed by atoms with E-state index in [2.05, 4.69) is 36.1 Å². The molecule has 1 aliphatic heterocycles. The number of aromatic nitrogens is 1. The molecule has 1 aliphatic rings. The molecule has 3 rings (SSSR count). The van der Waals surface area contributed by atoms with Gasteiger partial charge >= 0.3 is 0 Å². The molecule has 0 spiro atoms. The number of halogens is 1. The molecule has 0 unspecified atom stereocenters. The number of nitrogens with zero attached hydrogens (tertiary/aromatic N) is 2. The van der Waals surface area contributed by atoms with Crippen molar-refractivity contribution in [1.29, 1.82) is 0 Å². The number of rotatable bonds is 5. The Bertz CT molecular complexity index is 957. The van der Waals surface area contributed by atoms with Crippen LogP contribution in [0.4, 0.5) is 5.69 Å². The molecule has 0 saturated heterocycles. The van der Waals surface area contributed by atoms with Crippen LogP contribution in [0.3, 0.4) is 0 Å². The molecular weight excluding hydrogens is 402 g/mol. The summed E-state index contributed by atoms with van der Waals surface area (Å²) in [6.45, 7) is 11.4. The Morgan fingerprint density at radius 2 is 1.93 bits per heavy atom. The molecule has 0 aliphatic carbocycles. The molecule has 1 N–H and O–H groups in total. The van der Waals surface area contributed by atoms with Gasteiger partial charge in [-0.3, -0.25) is 14.6 Å². The monoisotopic (exact) mass is 431 g/mol. The van der Waals surface area contributed by atoms with E-state index < -0.39 is 0 Å². The van der Waals surface area contributed by atoms with Crippen molar-refractivity contribution in [2.45, 2.75) is 52.7 Å². The molecular formula is C23H30ClN3O3. The van der Waals surface area contributed by atoms with Gasteiger partial charge in [0.15, 0.2) is 5.78 Å². The van der Waals surface area contributed by atoms with Gasteiger partial charge in [0, 0.05) is 24.1 Å². The second kappa shape index (κ2) is 9.14. The fourth-order valence-corrected chi connectivity index (χ4v) is 3.91. The maximum Gasteiger partial charge on any atom is 0.255 e. The smallest absolute Gasteiger partial charge is 0.255 e. The molecule has 1 amide bonds. The number of likely N-dealkylation sites (N-methyl/N-ethyl adjacent to an activating group) is 1. The molecule has 0 fully saturated rings. The highest BCUT2D eigenvalue weighted by Crippen LogP contribution is 2.32. The molecule has 0 bridgehead atoms. The molecule has 0 radical (unpaired) electrons. The lowest BCUT2D eigenvalue weighted by Gasteiger charge is -2.37. The van der Waals surface area contributed by atoms with E-state index in [1.54, 1.807) is 24.4 Å². The highest BCUT2D eigenvalue weighted by molar-refractivity contribution is 6.06. The summed E-state index contributed by atoms with van der Waals surface area (Å²) < 4.78 is 5.68. The van der Waals surface area contributed by atoms with E-state index in [0.29, 0.717) is 22.6 Å². The lowest BCUT2D eigenvalue weighted by molar-refractivity contribution is 0.101. The summed E-state index contributed by atoms with van der Waals surface area (Å²) in [5.41, 5.74) is 3.61. The minimum atomic E-state index is -0.284. The first-order chi connectivity index (χ1) is 13.6. The second-order valence-electron chi connectivity index (χ2n) is 8.68. The topological polar surface area (TPSA) is 71.5 Å². The summed E-state index contributed by atoms with van der Waals surface area (Å²) in [4.78, 5) is 31.7. The maximum atomic E-state index is 12.8. The van der Waals surface area contributed by atoms with Gasteiger partial charge in [0.05, 0.1) is 29.2 Å². The average Bonchev–Trinajstić information content (AvgIpc) is 2.60. The summed E-state index contributed by atoms with van der Waals surface area (Å²) in [5, 5.41) is 2.90. The van der Waals surface area contributed by atoms with Crippen LogP contribution in [0.2, 0.25) is 0 Å². The largest absolute Gasteiger partial charge is 0.490 e. The Labute approximate surface area is 184 Å². The molecule has 162 valence electrons. The molecule has 30 heavy (non-hydrogen) atoms. The average molecular weight is 432 g/mol. The number of hydrogen-bond acceptors (Lipinski definition) is 5. The third kappa shape index (κ3) is 5.18. The Morgan fingerprint density at radius 3 is 2.57 bits per heavy atom. The molecule has 6 nitrogen and oxygen atoms in total. The number of fused-ring (bicyclic) bond motifs is 1. The van der Waals surface area contributed by atoms with Crippen molar-refractivity contribution < 1.29 is 14.3 Å². The molecule has 0 atom stereocenters. The molecule has 1 aromatic carbocycles. The molecule has 7 heteroatoms. The van der Waals surface area contributed by atoms with Crippen molar-refractivity contribution >= 4 is 29.8 Å². The normalized spacial score (nSPS) is 15.2. The number of carbonyl (C=O) groups excluding carboxylic acids is 2. The summed E-state index contributed by atoms with van der Waals surface area (Å²) in [6, 6.07) is 6.91. The third-order valence-corrected chi connectivity index (χ3v) is 4.95. The van der Waals surface area contributed by atoms with Crippen molar-refractivity contribution in [1.82, 2.24) is 9.88 Å². The lowest BCUT2D eigenvalue weighted by atomic mass is 9.82. The van der Waals surface area contributed by atoms with Gasteiger partial charge in [-0.2, -0.15) is 0 Å². The maximum absolute atomic E-state index is 12.8. The number of hydrogen-bond donors (Lipinski definition) is 1. The molecule has 2 aromatic rings. The Balaban J connectivity index is 0.00000320. The first-order valence-electron chi connectivity index (χ1n) is 9.88. The van der Waals surface area contributed by atoms with Crippen molar-refractivity contribution in [2.75, 3.05) is 18.9 Å². The van der Waals surface area contributed by atoms with Gasteiger partial charge in [0.25, 0.3) is 5.91 Å². The Morgan fingerprint density at radius 1 is 1.23 bits per heavy atom. The van der Waals surface area contributed by atoms with E-state index in [4.69, 9.17) is 4.74 Å². The first kappa shape index (κ1) is 23.8. The van der Waals surface area contributed by atoms with Gasteiger partial charge in [-0.15, -0.1) is 12.4 Å². The minimum absolute atomic E-state index is 0. The summed E-state index contributed by atoms with van der Waals surface area (Å²) >= 11 is 0. The summed E-state index contributed by atoms with van der Waals surface area (Å²) in [6.07, 6.45) is 1.64. The second-order valence-corrected chi connectivity index (χ2v) is 8.68. The molecule has 1 aromatic heterocycles. The first-order valence-corrected chi connectivity index (χ1v) is 9.88. The fraction of sp³-hybridized carbons (Fsp3) is 0.435. The standard InChI is InChI=1S/C23H29N3O3.ClH/c1-14(2)29-20-8-7-16(10-19(20)15(3)27)22(28)25-18-9-17-12-26(6)13-23(4,5)21(17)24-11-18;/h7-11,14H,12-13H2,1-6H3,(H,25,28);1H. The van der Waals surface area contributed by atoms with Crippen LogP contribution in [0, 0.1) is 0 Å². The SMILES string of the molecule is CC(=O)c1cc(C(=O)Nc2cnc3c(c2)CN(C)CC3(C)C)ccc1OC(C)C.Cl. The van der Waals surface area contributed by atoms with E-state index in [0.717, 1.165) is 24.3 Å². The highest BCUT2D eigenvalue weighted by atomic mass is 35.5. The quantitative estimate of drug-likeness (QED) is 0.707. The van der Waals surface area contributed by atoms with E-state index in [-0.39, 0.29) is 35.6 Å². The summed E-state index contributed by atoms with van der Waals surface area (Å²) in [7, 11) is 2.08. The Kier molecular flexibility index (Phi) is 7.27. The van der Waals surface area contributed by atoms with E-state index in [1.807, 2.05) is 19.9 Å². The van der Waals surface area contributed by atoms with Gasteiger partial charge in [-0.1, -0.05) is 13.8 Å². The van der Waals surface area contributed by atoms with Crippen molar-refractivity contribution in [2.24, 2.45) is 0 Å². The van der Waals surface area contributed by atoms with Crippen LogP contribution in [-0.2, 0) is 12.0 Å². The highest BCUT2D eigenvalue weighted by Gasteiger charge is 2.31. The molecule has 0 saturated carbocycles. The van der Waals surface area contributed by atoms with Gasteiger partial charge in [0.1, 0.15) is 5.75 Å². The van der Waals surface area contributed by atoms with E-state index in [1.165, 1.54) is 6.92 Å². The zero-order valence-corrected chi connectivity index (χ0v) is 19.2. The predicted molar refractivity (Wildman–Crippen MR) is 121 cm³/mol. The van der Waals surface area contributed by atoms with Crippen LogP contribution in [0.1, 0.15) is 66.6 Å². The van der Waals surface area contributed by atoms with Gasteiger partial charge in [0.2, 0.25) is 0 Å². The Hall–Kier alpha value is -2.44. The number of ketones is 1. The molecule has 2 heterocycles. The minimum Gasteiger partial charge on any atom is -0.490 e. The number of pyridine rings is 1. The van der Waals surface area contributed by atoms with Crippen LogP contribution in [0.5, 0.6) is 5.75 Å². The van der Waals surface area contributed by atoms with Crippen LogP contribution in [0.15, 0.2) is 30.5 Å². The van der Waals surface area contributed by atoms with Crippen LogP contribution < -0.4 is 10.1 Å². The van der Waals surface area contributed by atoms with Gasteiger partial charge in [-0.25, -0.2) is 0 Å². The van der Waals surface area contributed by atoms with Crippen molar-refractivity contribution in [3.63, 3.8) is 0 Å². The van der Waals surface area contributed by atoms with Crippen molar-refractivity contribution in [3.05, 3.63) is 52.8 Å². The van der Waals surface area contributed by atoms with Crippen molar-refractivity contribution in [3.8, 4) is 5.75 Å². The van der Waals surface area contributed by atoms with Crippen LogP contribution in [-0.4, -0.2) is 41.3 Å². The fourth-order valence-electron chi connectivity index (χ4n) is 3.91. The third-order valence-electron chi connectivity index (χ3n) is 4.95. The number of amides is 1. The zero-order chi connectivity index (χ0) is 21.3. The number of carbonyl (C=O) groups is 2. The predicted octanol–water partition coefficient (Wildman–Crippen LogP) is 4.47. The summed E-state index contributed by atoms with van der Waals surface area (Å²) in [5.74, 6) is 0.0644. The number of ether oxygens (including phenoxy) is 1. The number of anilines is 1.